The van der Waals surface area contributed by atoms with Crippen LogP contribution in [0.1, 0.15) is 18.1 Å². The van der Waals surface area contributed by atoms with E-state index in [0.29, 0.717) is 0 Å². The van der Waals surface area contributed by atoms with Gasteiger partial charge in [0.15, 0.2) is 0 Å². The van der Waals surface area contributed by atoms with Gasteiger partial charge >= 0.3 is 5.97 Å². The topological polar surface area (TPSA) is 55.1 Å². The number of aromatic nitrogens is 2. The molecule has 0 saturated carbocycles. The molecule has 1 aromatic heterocycles. The van der Waals surface area contributed by atoms with Crippen LogP contribution in [0.15, 0.2) is 66.9 Å². The van der Waals surface area contributed by atoms with E-state index in [-0.39, 0.29) is 0 Å². The molecule has 24 heavy (non-hydrogen) atoms. The first-order valence-electron chi connectivity index (χ1n) is 7.83. The summed E-state index contributed by atoms with van der Waals surface area (Å²) in [5.41, 5.74) is 4.68. The number of nitrogens with zero attached hydrogens (tertiary/aromatic N) is 2. The van der Waals surface area contributed by atoms with E-state index in [0.717, 1.165) is 35.0 Å². The van der Waals surface area contributed by atoms with Crippen molar-refractivity contribution < 1.29 is 9.90 Å². The van der Waals surface area contributed by atoms with Crippen molar-refractivity contribution in [1.82, 2.24) is 9.78 Å². The minimum Gasteiger partial charge on any atom is -0.478 e. The first-order valence-corrected chi connectivity index (χ1v) is 7.83. The summed E-state index contributed by atoms with van der Waals surface area (Å²) in [5.74, 6) is -0.977. The smallest absolute Gasteiger partial charge is 0.328 e. The number of carboxylic acids is 1. The third kappa shape index (κ3) is 3.43. The number of aliphatic carboxylic acids is 1. The fourth-order valence-corrected chi connectivity index (χ4v) is 2.51. The highest BCUT2D eigenvalue weighted by molar-refractivity contribution is 5.87. The molecule has 120 valence electrons. The maximum Gasteiger partial charge on any atom is 0.328 e. The Morgan fingerprint density at radius 2 is 1.83 bits per heavy atom. The minimum atomic E-state index is -0.977. The van der Waals surface area contributed by atoms with E-state index < -0.39 is 5.97 Å². The summed E-state index contributed by atoms with van der Waals surface area (Å²) in [4.78, 5) is 10.9. The predicted molar refractivity (Wildman–Crippen MR) is 95.0 cm³/mol. The molecule has 1 N–H and O–H groups in total. The molecule has 0 aliphatic heterocycles. The van der Waals surface area contributed by atoms with Gasteiger partial charge in [-0.1, -0.05) is 49.4 Å². The van der Waals surface area contributed by atoms with Crippen LogP contribution < -0.4 is 0 Å². The number of aryl methyl sites for hydroxylation is 1. The van der Waals surface area contributed by atoms with Gasteiger partial charge in [-0.05, 0) is 30.2 Å². The van der Waals surface area contributed by atoms with Crippen molar-refractivity contribution >= 4 is 12.0 Å². The van der Waals surface area contributed by atoms with Crippen molar-refractivity contribution in [1.29, 1.82) is 0 Å². The number of carbonyl (C=O) groups is 1. The molecular formula is C20H18N2O2. The van der Waals surface area contributed by atoms with E-state index in [1.165, 1.54) is 5.56 Å². The molecule has 0 fully saturated rings. The van der Waals surface area contributed by atoms with Gasteiger partial charge in [-0.25, -0.2) is 9.48 Å². The second-order valence-electron chi connectivity index (χ2n) is 5.44. The Morgan fingerprint density at radius 3 is 2.46 bits per heavy atom. The van der Waals surface area contributed by atoms with Crippen molar-refractivity contribution in [2.24, 2.45) is 0 Å². The molecule has 0 saturated heterocycles. The predicted octanol–water partition coefficient (Wildman–Crippen LogP) is 4.20. The van der Waals surface area contributed by atoms with Crippen LogP contribution in [0, 0.1) is 0 Å². The molecule has 0 amide bonds. The van der Waals surface area contributed by atoms with Crippen molar-refractivity contribution in [3.8, 4) is 16.9 Å². The molecule has 0 atom stereocenters. The third-order valence-corrected chi connectivity index (χ3v) is 3.80. The zero-order chi connectivity index (χ0) is 16.9. The van der Waals surface area contributed by atoms with Crippen LogP contribution in [0.3, 0.4) is 0 Å². The summed E-state index contributed by atoms with van der Waals surface area (Å²) in [5, 5.41) is 13.6. The second-order valence-corrected chi connectivity index (χ2v) is 5.44. The van der Waals surface area contributed by atoms with Gasteiger partial charge in [-0.3, -0.25) is 0 Å². The summed E-state index contributed by atoms with van der Waals surface area (Å²) in [6.45, 7) is 2.11. The Balaban J connectivity index is 2.08. The van der Waals surface area contributed by atoms with Crippen LogP contribution in [-0.4, -0.2) is 20.9 Å². The SMILES string of the molecule is CCc1ccc(-c2nn(-c3ccccc3)cc2/C=C\C(=O)O)cc1. The quantitative estimate of drug-likeness (QED) is 0.717. The number of para-hydroxylation sites is 1. The highest BCUT2D eigenvalue weighted by atomic mass is 16.4. The molecule has 0 aliphatic carbocycles. The molecule has 0 aliphatic rings. The maximum absolute atomic E-state index is 10.9. The number of carboxylic acid groups (broad SMARTS) is 1. The fraction of sp³-hybridized carbons (Fsp3) is 0.100. The summed E-state index contributed by atoms with van der Waals surface area (Å²) < 4.78 is 1.77. The van der Waals surface area contributed by atoms with Gasteiger partial charge in [0.05, 0.1) is 11.4 Å². The van der Waals surface area contributed by atoms with Gasteiger partial charge in [-0.2, -0.15) is 5.10 Å². The Kier molecular flexibility index (Phi) is 4.57. The summed E-state index contributed by atoms with van der Waals surface area (Å²) in [7, 11) is 0. The first kappa shape index (κ1) is 15.7. The van der Waals surface area contributed by atoms with E-state index in [9.17, 15) is 4.79 Å². The van der Waals surface area contributed by atoms with Gasteiger partial charge in [0, 0.05) is 23.4 Å². The van der Waals surface area contributed by atoms with Crippen LogP contribution in [0.25, 0.3) is 23.0 Å². The van der Waals surface area contributed by atoms with E-state index in [4.69, 9.17) is 5.11 Å². The molecule has 3 aromatic rings. The molecule has 0 radical (unpaired) electrons. The standard InChI is InChI=1S/C20H18N2O2/c1-2-15-8-10-16(11-9-15)20-17(12-13-19(23)24)14-22(21-20)18-6-4-3-5-7-18/h3-14H,2H2,1H3,(H,23,24)/b13-12-. The first-order chi connectivity index (χ1) is 11.7. The zero-order valence-corrected chi connectivity index (χ0v) is 13.4. The normalized spacial score (nSPS) is 11.0. The molecule has 1 heterocycles. The summed E-state index contributed by atoms with van der Waals surface area (Å²) >= 11 is 0. The lowest BCUT2D eigenvalue weighted by Crippen LogP contribution is -1.94. The van der Waals surface area contributed by atoms with Gasteiger partial charge in [0.25, 0.3) is 0 Å². The molecule has 0 bridgehead atoms. The van der Waals surface area contributed by atoms with Gasteiger partial charge in [-0.15, -0.1) is 0 Å². The Hall–Kier alpha value is -3.14. The Bertz CT molecular complexity index is 862. The van der Waals surface area contributed by atoms with E-state index in [1.54, 1.807) is 10.8 Å². The molecule has 4 heteroatoms. The van der Waals surface area contributed by atoms with E-state index in [1.807, 2.05) is 48.7 Å². The third-order valence-electron chi connectivity index (χ3n) is 3.80. The number of hydrogen-bond acceptors (Lipinski definition) is 2. The fourth-order valence-electron chi connectivity index (χ4n) is 2.51. The van der Waals surface area contributed by atoms with Crippen LogP contribution >= 0.6 is 0 Å². The number of benzene rings is 2. The van der Waals surface area contributed by atoms with Crippen molar-refractivity contribution in [2.45, 2.75) is 13.3 Å². The minimum absolute atomic E-state index is 0.763. The van der Waals surface area contributed by atoms with Crippen LogP contribution in [0.5, 0.6) is 0 Å². The van der Waals surface area contributed by atoms with Crippen molar-refractivity contribution in [3.63, 3.8) is 0 Å². The Morgan fingerprint density at radius 1 is 1.12 bits per heavy atom. The zero-order valence-electron chi connectivity index (χ0n) is 13.4. The van der Waals surface area contributed by atoms with Gasteiger partial charge in [0.1, 0.15) is 0 Å². The molecule has 3 rings (SSSR count). The van der Waals surface area contributed by atoms with E-state index in [2.05, 4.69) is 24.2 Å². The number of rotatable bonds is 5. The van der Waals surface area contributed by atoms with E-state index >= 15 is 0 Å². The highest BCUT2D eigenvalue weighted by Gasteiger charge is 2.10. The van der Waals surface area contributed by atoms with Crippen molar-refractivity contribution in [3.05, 3.63) is 78.0 Å². The monoisotopic (exact) mass is 318 g/mol. The summed E-state index contributed by atoms with van der Waals surface area (Å²) in [6, 6.07) is 17.9. The van der Waals surface area contributed by atoms with Gasteiger partial charge in [0.2, 0.25) is 0 Å². The highest BCUT2D eigenvalue weighted by Crippen LogP contribution is 2.25. The lowest BCUT2D eigenvalue weighted by molar-refractivity contribution is -0.131. The Labute approximate surface area is 140 Å². The molecule has 4 nitrogen and oxygen atoms in total. The number of hydrogen-bond donors (Lipinski definition) is 1. The molecule has 0 unspecified atom stereocenters. The molecule has 2 aromatic carbocycles. The summed E-state index contributed by atoms with van der Waals surface area (Å²) in [6.07, 6.45) is 5.54. The van der Waals surface area contributed by atoms with Crippen LogP contribution in [-0.2, 0) is 11.2 Å². The largest absolute Gasteiger partial charge is 0.478 e. The van der Waals surface area contributed by atoms with Crippen LogP contribution in [0.2, 0.25) is 0 Å². The lowest BCUT2D eigenvalue weighted by atomic mass is 10.0. The second kappa shape index (κ2) is 6.96. The van der Waals surface area contributed by atoms with Gasteiger partial charge < -0.3 is 5.11 Å². The van der Waals surface area contributed by atoms with Crippen molar-refractivity contribution in [2.75, 3.05) is 0 Å². The average molecular weight is 318 g/mol. The average Bonchev–Trinajstić information content (AvgIpc) is 3.05. The molecule has 0 spiro atoms. The van der Waals surface area contributed by atoms with Crippen LogP contribution in [0.4, 0.5) is 0 Å². The maximum atomic E-state index is 10.9. The molecular weight excluding hydrogens is 300 g/mol. The lowest BCUT2D eigenvalue weighted by Gasteiger charge is -2.02.